The average Bonchev–Trinajstić information content (AvgIpc) is 3.35. The van der Waals surface area contributed by atoms with Crippen molar-refractivity contribution < 1.29 is 13.9 Å². The predicted molar refractivity (Wildman–Crippen MR) is 120 cm³/mol. The highest BCUT2D eigenvalue weighted by atomic mass is 127. The van der Waals surface area contributed by atoms with E-state index in [2.05, 4.69) is 24.5 Å². The zero-order chi connectivity index (χ0) is 18.7. The monoisotopic (exact) mass is 503 g/mol. The van der Waals surface area contributed by atoms with Crippen LogP contribution < -0.4 is 10.6 Å². The number of nitrogens with zero attached hydrogens (tertiary/aromatic N) is 1. The van der Waals surface area contributed by atoms with E-state index in [1.807, 2.05) is 12.1 Å². The van der Waals surface area contributed by atoms with Crippen molar-refractivity contribution >= 4 is 29.9 Å². The van der Waals surface area contributed by atoms with Gasteiger partial charge in [-0.2, -0.15) is 0 Å². The van der Waals surface area contributed by atoms with Crippen LogP contribution in [0.3, 0.4) is 0 Å². The zero-order valence-corrected chi connectivity index (χ0v) is 19.3. The molecule has 1 aromatic rings. The summed E-state index contributed by atoms with van der Waals surface area (Å²) in [5.41, 5.74) is 0.131. The fraction of sp³-hybridized carbons (Fsp3) is 0.762. The number of ether oxygens (including phenoxy) is 2. The first-order chi connectivity index (χ1) is 13.1. The Morgan fingerprint density at radius 3 is 2.86 bits per heavy atom. The maximum atomic E-state index is 5.93. The Balaban J connectivity index is 0.00000225. The molecule has 3 heterocycles. The van der Waals surface area contributed by atoms with E-state index in [9.17, 15) is 0 Å². The Morgan fingerprint density at radius 1 is 1.21 bits per heavy atom. The molecule has 2 N–H and O–H groups in total. The van der Waals surface area contributed by atoms with Crippen LogP contribution in [0.5, 0.6) is 0 Å². The normalized spacial score (nSPS) is 31.4. The molecule has 158 valence electrons. The molecule has 0 aromatic carbocycles. The number of guanidine groups is 1. The number of halogens is 1. The summed E-state index contributed by atoms with van der Waals surface area (Å²) in [7, 11) is 0. The third-order valence-electron chi connectivity index (χ3n) is 6.36. The Morgan fingerprint density at radius 2 is 2.11 bits per heavy atom. The average molecular weight is 503 g/mol. The second-order valence-corrected chi connectivity index (χ2v) is 8.62. The molecule has 7 heteroatoms. The maximum absolute atomic E-state index is 5.93. The molecule has 0 spiro atoms. The molecule has 4 rings (SSSR count). The van der Waals surface area contributed by atoms with Gasteiger partial charge in [-0.05, 0) is 37.8 Å². The van der Waals surface area contributed by atoms with Crippen molar-refractivity contribution in [2.45, 2.75) is 64.2 Å². The molecule has 2 saturated heterocycles. The molecular formula is C21H34IN3O3. The first-order valence-corrected chi connectivity index (χ1v) is 10.4. The van der Waals surface area contributed by atoms with Crippen molar-refractivity contribution in [1.82, 2.24) is 10.6 Å². The van der Waals surface area contributed by atoms with Gasteiger partial charge in [0.1, 0.15) is 5.76 Å². The van der Waals surface area contributed by atoms with Crippen LogP contribution in [0.1, 0.15) is 45.3 Å². The zero-order valence-electron chi connectivity index (χ0n) is 17.0. The number of aliphatic imine (C=N–C) groups is 1. The third-order valence-corrected chi connectivity index (χ3v) is 6.36. The van der Waals surface area contributed by atoms with Crippen molar-refractivity contribution in [3.8, 4) is 0 Å². The molecule has 3 aliphatic rings. The van der Waals surface area contributed by atoms with Crippen LogP contribution in [0, 0.1) is 11.3 Å². The standard InChI is InChI=1S/C21H33N3O3.HI/c1-21(2)18(17-9-13-27-19(17)21)24-20(22-10-8-15-7-5-12-25-15)23-14-16-6-3-4-11-26-16;/h5,7,12,16-19H,3-4,6,8-11,13-14H2,1-2H3,(H2,22,23,24);1H. The summed E-state index contributed by atoms with van der Waals surface area (Å²) < 4.78 is 17.2. The molecule has 1 aliphatic carbocycles. The van der Waals surface area contributed by atoms with E-state index in [-0.39, 0.29) is 35.5 Å². The van der Waals surface area contributed by atoms with Crippen LogP contribution >= 0.6 is 24.0 Å². The lowest BCUT2D eigenvalue weighted by Gasteiger charge is -2.55. The highest BCUT2D eigenvalue weighted by Crippen LogP contribution is 2.52. The minimum atomic E-state index is 0. The Hall–Kier alpha value is -0.800. The van der Waals surface area contributed by atoms with Gasteiger partial charge in [-0.15, -0.1) is 24.0 Å². The Bertz CT molecular complexity index is 629. The summed E-state index contributed by atoms with van der Waals surface area (Å²) in [4.78, 5) is 4.87. The number of hydrogen-bond donors (Lipinski definition) is 2. The number of hydrogen-bond acceptors (Lipinski definition) is 4. The minimum Gasteiger partial charge on any atom is -0.469 e. The summed E-state index contributed by atoms with van der Waals surface area (Å²) in [6.07, 6.45) is 7.85. The van der Waals surface area contributed by atoms with Gasteiger partial charge >= 0.3 is 0 Å². The van der Waals surface area contributed by atoms with Crippen molar-refractivity contribution in [3.05, 3.63) is 24.2 Å². The lowest BCUT2D eigenvalue weighted by Crippen LogP contribution is -2.68. The summed E-state index contributed by atoms with van der Waals surface area (Å²) >= 11 is 0. The highest BCUT2D eigenvalue weighted by molar-refractivity contribution is 14.0. The maximum Gasteiger partial charge on any atom is 0.191 e. The smallest absolute Gasteiger partial charge is 0.191 e. The van der Waals surface area contributed by atoms with Gasteiger partial charge in [-0.1, -0.05) is 13.8 Å². The third kappa shape index (κ3) is 4.84. The van der Waals surface area contributed by atoms with E-state index in [1.165, 1.54) is 12.8 Å². The molecule has 1 saturated carbocycles. The number of furan rings is 1. The van der Waals surface area contributed by atoms with E-state index in [0.29, 0.717) is 24.6 Å². The van der Waals surface area contributed by atoms with Gasteiger partial charge in [-0.25, -0.2) is 0 Å². The van der Waals surface area contributed by atoms with Crippen LogP contribution in [0.15, 0.2) is 27.8 Å². The van der Waals surface area contributed by atoms with Crippen molar-refractivity contribution in [3.63, 3.8) is 0 Å². The van der Waals surface area contributed by atoms with Crippen LogP contribution in [0.25, 0.3) is 0 Å². The fourth-order valence-corrected chi connectivity index (χ4v) is 4.82. The van der Waals surface area contributed by atoms with Gasteiger partial charge in [-0.3, -0.25) is 4.99 Å². The largest absolute Gasteiger partial charge is 0.469 e. The molecule has 4 atom stereocenters. The SMILES string of the molecule is CC1(C)C(NC(=NCC2CCCCO2)NCCc2ccco2)C2CCOC21.I. The van der Waals surface area contributed by atoms with E-state index < -0.39 is 0 Å². The number of nitrogens with one attached hydrogen (secondary N) is 2. The summed E-state index contributed by atoms with van der Waals surface area (Å²) in [5.74, 6) is 2.47. The first kappa shape index (κ1) is 21.9. The van der Waals surface area contributed by atoms with E-state index in [0.717, 1.165) is 50.7 Å². The van der Waals surface area contributed by atoms with Crippen molar-refractivity contribution in [1.29, 1.82) is 0 Å². The van der Waals surface area contributed by atoms with Gasteiger partial charge in [0.25, 0.3) is 0 Å². The van der Waals surface area contributed by atoms with Gasteiger partial charge in [0.15, 0.2) is 5.96 Å². The first-order valence-electron chi connectivity index (χ1n) is 10.4. The molecule has 6 nitrogen and oxygen atoms in total. The summed E-state index contributed by atoms with van der Waals surface area (Å²) in [5, 5.41) is 7.20. The topological polar surface area (TPSA) is 68.0 Å². The molecule has 4 unspecified atom stereocenters. The molecule has 1 aromatic heterocycles. The minimum absolute atomic E-state index is 0. The van der Waals surface area contributed by atoms with Crippen LogP contribution in [-0.4, -0.2) is 50.5 Å². The Kier molecular flexibility index (Phi) is 7.67. The molecule has 3 fully saturated rings. The molecule has 2 aliphatic heterocycles. The van der Waals surface area contributed by atoms with Crippen LogP contribution in [0.2, 0.25) is 0 Å². The van der Waals surface area contributed by atoms with Crippen molar-refractivity contribution in [2.75, 3.05) is 26.3 Å². The Labute approximate surface area is 185 Å². The molecule has 0 amide bonds. The van der Waals surface area contributed by atoms with Crippen molar-refractivity contribution in [2.24, 2.45) is 16.3 Å². The lowest BCUT2D eigenvalue weighted by molar-refractivity contribution is -0.106. The molecular weight excluding hydrogens is 469 g/mol. The molecule has 0 bridgehead atoms. The number of rotatable bonds is 6. The predicted octanol–water partition coefficient (Wildman–Crippen LogP) is 3.36. The highest BCUT2D eigenvalue weighted by Gasteiger charge is 2.59. The van der Waals surface area contributed by atoms with Gasteiger partial charge in [0.2, 0.25) is 0 Å². The van der Waals surface area contributed by atoms with Gasteiger partial charge in [0.05, 0.1) is 25.0 Å². The second kappa shape index (κ2) is 9.80. The van der Waals surface area contributed by atoms with Gasteiger partial charge in [0, 0.05) is 43.6 Å². The molecule has 28 heavy (non-hydrogen) atoms. The summed E-state index contributed by atoms with van der Waals surface area (Å²) in [6, 6.07) is 4.34. The number of fused-ring (bicyclic) bond motifs is 1. The summed E-state index contributed by atoms with van der Waals surface area (Å²) in [6.45, 7) is 7.84. The molecule has 0 radical (unpaired) electrons. The van der Waals surface area contributed by atoms with Crippen LogP contribution in [-0.2, 0) is 15.9 Å². The van der Waals surface area contributed by atoms with E-state index in [4.69, 9.17) is 18.9 Å². The lowest BCUT2D eigenvalue weighted by atomic mass is 9.57. The van der Waals surface area contributed by atoms with E-state index in [1.54, 1.807) is 6.26 Å². The second-order valence-electron chi connectivity index (χ2n) is 8.62. The van der Waals surface area contributed by atoms with E-state index >= 15 is 0 Å². The van der Waals surface area contributed by atoms with Gasteiger partial charge < -0.3 is 24.5 Å². The quantitative estimate of drug-likeness (QED) is 0.354. The van der Waals surface area contributed by atoms with Crippen LogP contribution in [0.4, 0.5) is 0 Å². The fourth-order valence-electron chi connectivity index (χ4n) is 4.82.